The van der Waals surface area contributed by atoms with Crippen LogP contribution in [0.25, 0.3) is 0 Å². The Morgan fingerprint density at radius 3 is 2.39 bits per heavy atom. The van der Waals surface area contributed by atoms with Gasteiger partial charge < -0.3 is 10.4 Å². The molecule has 1 saturated carbocycles. The summed E-state index contributed by atoms with van der Waals surface area (Å²) in [5.74, 6) is -1.44. The molecule has 0 radical (unpaired) electrons. The molecule has 96 valence electrons. The molecule has 0 saturated heterocycles. The lowest BCUT2D eigenvalue weighted by Crippen LogP contribution is -2.35. The summed E-state index contributed by atoms with van der Waals surface area (Å²) in [5.41, 5.74) is -0.0487. The van der Waals surface area contributed by atoms with Gasteiger partial charge in [0.1, 0.15) is 5.82 Å². The van der Waals surface area contributed by atoms with Crippen molar-refractivity contribution in [3.8, 4) is 0 Å². The van der Waals surface area contributed by atoms with E-state index in [-0.39, 0.29) is 24.7 Å². The molecule has 1 amide bonds. The van der Waals surface area contributed by atoms with Crippen LogP contribution in [0.2, 0.25) is 0 Å². The smallest absolute Gasteiger partial charge is 0.311 e. The number of hydrogen-bond donors (Lipinski definition) is 2. The van der Waals surface area contributed by atoms with Crippen LogP contribution < -0.4 is 5.32 Å². The van der Waals surface area contributed by atoms with Crippen molar-refractivity contribution in [1.82, 2.24) is 5.32 Å². The summed E-state index contributed by atoms with van der Waals surface area (Å²) < 4.78 is 12.7. The Labute approximate surface area is 104 Å². The number of rotatable bonds is 5. The number of aliphatic carboxylic acids is 1. The average molecular weight is 251 g/mol. The Morgan fingerprint density at radius 1 is 1.28 bits per heavy atom. The maximum atomic E-state index is 12.7. The largest absolute Gasteiger partial charge is 0.481 e. The molecule has 0 unspecified atom stereocenters. The maximum absolute atomic E-state index is 12.7. The lowest BCUT2D eigenvalue weighted by Gasteiger charge is -2.11. The summed E-state index contributed by atoms with van der Waals surface area (Å²) >= 11 is 0. The topological polar surface area (TPSA) is 66.4 Å². The van der Waals surface area contributed by atoms with E-state index in [0.29, 0.717) is 18.4 Å². The third-order valence-electron chi connectivity index (χ3n) is 3.21. The fraction of sp³-hybridized carbons (Fsp3) is 0.385. The Balaban J connectivity index is 1.82. The molecule has 0 bridgehead atoms. The number of amides is 1. The molecule has 0 aliphatic heterocycles. The zero-order chi connectivity index (χ0) is 13.2. The van der Waals surface area contributed by atoms with Crippen LogP contribution in [0.15, 0.2) is 24.3 Å². The zero-order valence-electron chi connectivity index (χ0n) is 9.78. The second kappa shape index (κ2) is 4.76. The lowest BCUT2D eigenvalue weighted by molar-refractivity contribution is -0.143. The zero-order valence-corrected chi connectivity index (χ0v) is 9.78. The molecule has 0 aromatic heterocycles. The fourth-order valence-corrected chi connectivity index (χ4v) is 1.74. The van der Waals surface area contributed by atoms with Gasteiger partial charge in [0.05, 0.1) is 11.8 Å². The van der Waals surface area contributed by atoms with Gasteiger partial charge in [0, 0.05) is 6.54 Å². The van der Waals surface area contributed by atoms with Crippen LogP contribution in [0, 0.1) is 11.2 Å². The van der Waals surface area contributed by atoms with E-state index in [4.69, 9.17) is 5.11 Å². The number of carboxylic acids is 1. The number of carbonyl (C=O) groups excluding carboxylic acids is 1. The summed E-state index contributed by atoms with van der Waals surface area (Å²) in [6, 6.07) is 5.67. The predicted octanol–water partition coefficient (Wildman–Crippen LogP) is 1.35. The van der Waals surface area contributed by atoms with Crippen LogP contribution in [0.3, 0.4) is 0 Å². The molecule has 0 spiro atoms. The average Bonchev–Trinajstić information content (AvgIpc) is 3.11. The Hall–Kier alpha value is -1.91. The van der Waals surface area contributed by atoms with Crippen LogP contribution in [0.1, 0.15) is 18.4 Å². The van der Waals surface area contributed by atoms with Gasteiger partial charge in [-0.15, -0.1) is 0 Å². The molecule has 0 heterocycles. The standard InChI is InChI=1S/C13H14FNO3/c14-10-3-1-9(2-4-10)7-11(16)15-8-13(5-6-13)12(17)18/h1-4H,5-8H2,(H,15,16)(H,17,18). The van der Waals surface area contributed by atoms with Crippen molar-refractivity contribution in [1.29, 1.82) is 0 Å². The molecule has 18 heavy (non-hydrogen) atoms. The van der Waals surface area contributed by atoms with Gasteiger partial charge in [0.15, 0.2) is 0 Å². The number of hydrogen-bond acceptors (Lipinski definition) is 2. The number of carbonyl (C=O) groups is 2. The normalized spacial score (nSPS) is 16.1. The summed E-state index contributed by atoms with van der Waals surface area (Å²) in [7, 11) is 0. The molecular weight excluding hydrogens is 237 g/mol. The fourth-order valence-electron chi connectivity index (χ4n) is 1.74. The van der Waals surface area contributed by atoms with Gasteiger partial charge in [-0.1, -0.05) is 12.1 Å². The Bertz CT molecular complexity index is 466. The van der Waals surface area contributed by atoms with Gasteiger partial charge in [-0.2, -0.15) is 0 Å². The molecule has 1 aromatic carbocycles. The minimum atomic E-state index is -0.857. The number of carboxylic acid groups (broad SMARTS) is 1. The quantitative estimate of drug-likeness (QED) is 0.830. The van der Waals surface area contributed by atoms with Gasteiger partial charge in [-0.25, -0.2) is 4.39 Å². The Morgan fingerprint density at radius 2 is 1.89 bits per heavy atom. The molecule has 1 aromatic rings. The highest BCUT2D eigenvalue weighted by Gasteiger charge is 2.50. The van der Waals surface area contributed by atoms with E-state index in [0.717, 1.165) is 0 Å². The summed E-state index contributed by atoms with van der Waals surface area (Å²) in [6.07, 6.45) is 1.36. The van der Waals surface area contributed by atoms with Crippen molar-refractivity contribution < 1.29 is 19.1 Å². The van der Waals surface area contributed by atoms with E-state index in [1.807, 2.05) is 0 Å². The lowest BCUT2D eigenvalue weighted by atomic mass is 10.1. The van der Waals surface area contributed by atoms with E-state index >= 15 is 0 Å². The van der Waals surface area contributed by atoms with E-state index in [1.54, 1.807) is 12.1 Å². The molecule has 2 N–H and O–H groups in total. The molecule has 5 heteroatoms. The van der Waals surface area contributed by atoms with Crippen molar-refractivity contribution in [2.75, 3.05) is 6.54 Å². The number of nitrogens with one attached hydrogen (secondary N) is 1. The van der Waals surface area contributed by atoms with Crippen LogP contribution in [0.4, 0.5) is 4.39 Å². The highest BCUT2D eigenvalue weighted by atomic mass is 19.1. The highest BCUT2D eigenvalue weighted by Crippen LogP contribution is 2.45. The summed E-state index contributed by atoms with van der Waals surface area (Å²) in [6.45, 7) is 0.169. The molecule has 1 aliphatic carbocycles. The molecule has 1 fully saturated rings. The number of benzene rings is 1. The van der Waals surface area contributed by atoms with E-state index in [9.17, 15) is 14.0 Å². The van der Waals surface area contributed by atoms with E-state index < -0.39 is 11.4 Å². The van der Waals surface area contributed by atoms with Crippen molar-refractivity contribution in [2.45, 2.75) is 19.3 Å². The first-order valence-corrected chi connectivity index (χ1v) is 5.76. The van der Waals surface area contributed by atoms with Gasteiger partial charge in [-0.05, 0) is 30.5 Å². The molecule has 2 rings (SSSR count). The second-order valence-corrected chi connectivity index (χ2v) is 4.67. The predicted molar refractivity (Wildman–Crippen MR) is 62.4 cm³/mol. The van der Waals surface area contributed by atoms with E-state index in [1.165, 1.54) is 12.1 Å². The van der Waals surface area contributed by atoms with Crippen molar-refractivity contribution >= 4 is 11.9 Å². The SMILES string of the molecule is O=C(Cc1ccc(F)cc1)NCC1(C(=O)O)CC1. The van der Waals surface area contributed by atoms with Crippen LogP contribution in [-0.2, 0) is 16.0 Å². The molecular formula is C13H14FNO3. The second-order valence-electron chi connectivity index (χ2n) is 4.67. The third-order valence-corrected chi connectivity index (χ3v) is 3.21. The maximum Gasteiger partial charge on any atom is 0.311 e. The van der Waals surface area contributed by atoms with Gasteiger partial charge >= 0.3 is 5.97 Å². The molecule has 0 atom stereocenters. The molecule has 4 nitrogen and oxygen atoms in total. The van der Waals surface area contributed by atoms with Crippen LogP contribution in [0.5, 0.6) is 0 Å². The Kier molecular flexibility index (Phi) is 3.32. The first-order valence-electron chi connectivity index (χ1n) is 5.76. The molecule has 1 aliphatic rings. The van der Waals surface area contributed by atoms with Gasteiger partial charge in [0.2, 0.25) is 5.91 Å². The van der Waals surface area contributed by atoms with Crippen LogP contribution >= 0.6 is 0 Å². The van der Waals surface area contributed by atoms with Gasteiger partial charge in [0.25, 0.3) is 0 Å². The minimum Gasteiger partial charge on any atom is -0.481 e. The van der Waals surface area contributed by atoms with Crippen molar-refractivity contribution in [3.05, 3.63) is 35.6 Å². The van der Waals surface area contributed by atoms with E-state index in [2.05, 4.69) is 5.32 Å². The summed E-state index contributed by atoms with van der Waals surface area (Å²) in [4.78, 5) is 22.5. The highest BCUT2D eigenvalue weighted by molar-refractivity contribution is 5.82. The first kappa shape index (κ1) is 12.5. The van der Waals surface area contributed by atoms with Crippen molar-refractivity contribution in [3.63, 3.8) is 0 Å². The first-order chi connectivity index (χ1) is 8.52. The minimum absolute atomic E-state index is 0.135. The van der Waals surface area contributed by atoms with Crippen LogP contribution in [-0.4, -0.2) is 23.5 Å². The third kappa shape index (κ3) is 2.85. The summed E-state index contributed by atoms with van der Waals surface area (Å²) in [5, 5.41) is 11.6. The van der Waals surface area contributed by atoms with Crippen molar-refractivity contribution in [2.24, 2.45) is 5.41 Å². The van der Waals surface area contributed by atoms with Gasteiger partial charge in [-0.3, -0.25) is 9.59 Å². The number of halogens is 1. The monoisotopic (exact) mass is 251 g/mol.